The second kappa shape index (κ2) is 7.47. The maximum absolute atomic E-state index is 13.3. The average Bonchev–Trinajstić information content (AvgIpc) is 2.55. The van der Waals surface area contributed by atoms with Crippen molar-refractivity contribution >= 4 is 21.4 Å². The van der Waals surface area contributed by atoms with Gasteiger partial charge < -0.3 is 10.4 Å². The van der Waals surface area contributed by atoms with Gasteiger partial charge >= 0.3 is 6.18 Å². The van der Waals surface area contributed by atoms with Crippen LogP contribution >= 0.6 is 0 Å². The highest BCUT2D eigenvalue weighted by atomic mass is 32.2. The molecule has 0 heterocycles. The number of hydrogen-bond donors (Lipinski definition) is 2. The van der Waals surface area contributed by atoms with E-state index in [1.165, 1.54) is 0 Å². The molecule has 11 heteroatoms. The van der Waals surface area contributed by atoms with Crippen molar-refractivity contribution in [2.45, 2.75) is 23.6 Å². The monoisotopic (exact) mass is 423 g/mol. The number of carbonyl (C=O) groups is 1. The molecule has 0 aliphatic heterocycles. The summed E-state index contributed by atoms with van der Waals surface area (Å²) in [5, 5.41) is 12.1. The maximum Gasteiger partial charge on any atom is 0.419 e. The molecule has 2 N–H and O–H groups in total. The van der Waals surface area contributed by atoms with Gasteiger partial charge in [0.05, 0.1) is 16.2 Å². The highest BCUT2D eigenvalue weighted by molar-refractivity contribution is 7.91. The Balaban J connectivity index is 2.22. The van der Waals surface area contributed by atoms with Crippen LogP contribution in [0, 0.1) is 11.6 Å². The third-order valence-electron chi connectivity index (χ3n) is 3.66. The van der Waals surface area contributed by atoms with Gasteiger partial charge in [0, 0.05) is 5.69 Å². The lowest BCUT2D eigenvalue weighted by Gasteiger charge is -2.22. The van der Waals surface area contributed by atoms with Crippen LogP contribution in [0.1, 0.15) is 12.5 Å². The summed E-state index contributed by atoms with van der Waals surface area (Å²) in [5.41, 5.74) is -4.66. The molecule has 0 saturated carbocycles. The molecular formula is C17H14F5NO4S. The van der Waals surface area contributed by atoms with E-state index in [0.717, 1.165) is 37.3 Å². The van der Waals surface area contributed by atoms with Crippen molar-refractivity contribution in [3.63, 3.8) is 0 Å². The number of anilines is 1. The van der Waals surface area contributed by atoms with Crippen molar-refractivity contribution in [1.82, 2.24) is 0 Å². The first-order chi connectivity index (χ1) is 12.7. The number of nitrogens with one attached hydrogen (secondary N) is 1. The Hall–Kier alpha value is -2.53. The number of benzene rings is 2. The molecule has 0 radical (unpaired) electrons. The minimum absolute atomic E-state index is 0.317. The zero-order chi connectivity index (χ0) is 21.3. The minimum Gasteiger partial charge on any atom is -0.379 e. The standard InChI is InChI=1S/C17H14F5NO4S/c1-16(25,9-28(26,27)12-5-2-10(18)3-6-12)15(24)23-11-4-7-14(19)13(8-11)17(20,21)22/h2-8,25H,9H2,1H3,(H,23,24)/t16-/m0/s1. The van der Waals surface area contributed by atoms with Gasteiger partial charge in [-0.2, -0.15) is 13.2 Å². The van der Waals surface area contributed by atoms with Crippen molar-refractivity contribution in [1.29, 1.82) is 0 Å². The number of sulfone groups is 1. The number of halogens is 5. The molecule has 0 aromatic heterocycles. The molecule has 0 unspecified atom stereocenters. The van der Waals surface area contributed by atoms with Gasteiger partial charge in [0.25, 0.3) is 5.91 Å². The second-order valence-corrected chi connectivity index (χ2v) is 8.12. The Morgan fingerprint density at radius 1 is 1.07 bits per heavy atom. The molecule has 1 atom stereocenters. The molecule has 0 aliphatic rings. The van der Waals surface area contributed by atoms with E-state index in [9.17, 15) is 40.3 Å². The zero-order valence-corrected chi connectivity index (χ0v) is 15.0. The summed E-state index contributed by atoms with van der Waals surface area (Å²) in [4.78, 5) is 11.8. The van der Waals surface area contributed by atoms with Crippen LogP contribution in [-0.4, -0.2) is 30.8 Å². The summed E-state index contributed by atoms with van der Waals surface area (Å²) in [7, 11) is -4.23. The fourth-order valence-corrected chi connectivity index (χ4v) is 3.84. The lowest BCUT2D eigenvalue weighted by Crippen LogP contribution is -2.45. The van der Waals surface area contributed by atoms with Crippen LogP contribution in [0.3, 0.4) is 0 Å². The van der Waals surface area contributed by atoms with Crippen LogP contribution in [0.25, 0.3) is 0 Å². The first-order valence-electron chi connectivity index (χ1n) is 7.61. The first kappa shape index (κ1) is 21.8. The van der Waals surface area contributed by atoms with E-state index in [4.69, 9.17) is 0 Å². The lowest BCUT2D eigenvalue weighted by atomic mass is 10.1. The van der Waals surface area contributed by atoms with Crippen molar-refractivity contribution in [3.8, 4) is 0 Å². The van der Waals surface area contributed by atoms with E-state index in [-0.39, 0.29) is 4.90 Å². The van der Waals surface area contributed by atoms with Gasteiger partial charge in [-0.1, -0.05) is 0 Å². The smallest absolute Gasteiger partial charge is 0.379 e. The van der Waals surface area contributed by atoms with E-state index in [1.54, 1.807) is 0 Å². The Bertz CT molecular complexity index is 986. The number of alkyl halides is 3. The number of hydrogen-bond acceptors (Lipinski definition) is 4. The molecule has 0 bridgehead atoms. The fraction of sp³-hybridized carbons (Fsp3) is 0.235. The number of amides is 1. The Morgan fingerprint density at radius 2 is 1.64 bits per heavy atom. The molecule has 2 aromatic carbocycles. The average molecular weight is 423 g/mol. The quantitative estimate of drug-likeness (QED) is 0.572. The van der Waals surface area contributed by atoms with E-state index < -0.39 is 56.2 Å². The van der Waals surface area contributed by atoms with Gasteiger partial charge in [0.2, 0.25) is 0 Å². The largest absolute Gasteiger partial charge is 0.419 e. The fourth-order valence-electron chi connectivity index (χ4n) is 2.25. The lowest BCUT2D eigenvalue weighted by molar-refractivity contribution is -0.140. The van der Waals surface area contributed by atoms with Crippen LogP contribution in [0.2, 0.25) is 0 Å². The maximum atomic E-state index is 13.3. The van der Waals surface area contributed by atoms with Gasteiger partial charge in [-0.15, -0.1) is 0 Å². The topological polar surface area (TPSA) is 83.5 Å². The molecule has 28 heavy (non-hydrogen) atoms. The molecule has 1 amide bonds. The molecular weight excluding hydrogens is 409 g/mol. The minimum atomic E-state index is -5.01. The van der Waals surface area contributed by atoms with Gasteiger partial charge in [-0.25, -0.2) is 17.2 Å². The zero-order valence-electron chi connectivity index (χ0n) is 14.2. The highest BCUT2D eigenvalue weighted by Crippen LogP contribution is 2.33. The van der Waals surface area contributed by atoms with Gasteiger partial charge in [-0.3, -0.25) is 4.79 Å². The predicted octanol–water partition coefficient (Wildman–Crippen LogP) is 3.15. The summed E-state index contributed by atoms with van der Waals surface area (Å²) in [6, 6.07) is 5.24. The van der Waals surface area contributed by atoms with Crippen molar-refractivity contribution in [3.05, 3.63) is 59.7 Å². The summed E-state index contributed by atoms with van der Waals surface area (Å²) in [6.07, 6.45) is -5.01. The van der Waals surface area contributed by atoms with Crippen LogP contribution in [0.5, 0.6) is 0 Å². The third-order valence-corrected chi connectivity index (χ3v) is 5.60. The van der Waals surface area contributed by atoms with Crippen molar-refractivity contribution in [2.75, 3.05) is 11.1 Å². The van der Waals surface area contributed by atoms with Crippen molar-refractivity contribution < 1.29 is 40.3 Å². The van der Waals surface area contributed by atoms with E-state index in [2.05, 4.69) is 0 Å². The molecule has 5 nitrogen and oxygen atoms in total. The molecule has 0 saturated heterocycles. The number of carbonyl (C=O) groups excluding carboxylic acids is 1. The molecule has 2 aromatic rings. The van der Waals surface area contributed by atoms with Gasteiger partial charge in [0.15, 0.2) is 15.4 Å². The Kier molecular flexibility index (Phi) is 5.81. The normalized spacial score (nSPS) is 14.4. The SMILES string of the molecule is C[C@](O)(CS(=O)(=O)c1ccc(F)cc1)C(=O)Nc1ccc(F)c(C(F)(F)F)c1. The Labute approximate surface area is 156 Å². The predicted molar refractivity (Wildman–Crippen MR) is 89.1 cm³/mol. The van der Waals surface area contributed by atoms with Gasteiger partial charge in [-0.05, 0) is 49.4 Å². The van der Waals surface area contributed by atoms with Crippen LogP contribution in [-0.2, 0) is 20.8 Å². The summed E-state index contributed by atoms with van der Waals surface area (Å²) in [6.45, 7) is 0.845. The van der Waals surface area contributed by atoms with Crippen LogP contribution < -0.4 is 5.32 Å². The number of aliphatic hydroxyl groups is 1. The molecule has 0 fully saturated rings. The molecule has 0 aliphatic carbocycles. The van der Waals surface area contributed by atoms with Crippen molar-refractivity contribution in [2.24, 2.45) is 0 Å². The summed E-state index contributed by atoms with van der Waals surface area (Å²) < 4.78 is 89.0. The van der Waals surface area contributed by atoms with E-state index in [0.29, 0.717) is 12.1 Å². The molecule has 152 valence electrons. The van der Waals surface area contributed by atoms with E-state index in [1.807, 2.05) is 5.32 Å². The summed E-state index contributed by atoms with van der Waals surface area (Å²) in [5.74, 6) is -4.69. The molecule has 2 rings (SSSR count). The second-order valence-electron chi connectivity index (χ2n) is 6.13. The Morgan fingerprint density at radius 3 is 2.18 bits per heavy atom. The summed E-state index contributed by atoms with van der Waals surface area (Å²) >= 11 is 0. The van der Waals surface area contributed by atoms with Crippen LogP contribution in [0.15, 0.2) is 47.4 Å². The number of rotatable bonds is 5. The first-order valence-corrected chi connectivity index (χ1v) is 9.26. The van der Waals surface area contributed by atoms with Crippen LogP contribution in [0.4, 0.5) is 27.6 Å². The van der Waals surface area contributed by atoms with Gasteiger partial charge in [0.1, 0.15) is 11.6 Å². The molecule has 0 spiro atoms. The highest BCUT2D eigenvalue weighted by Gasteiger charge is 2.38. The van der Waals surface area contributed by atoms with E-state index >= 15 is 0 Å². The third kappa shape index (κ3) is 5.04.